The second-order valence-corrected chi connectivity index (χ2v) is 7.40. The molecule has 0 radical (unpaired) electrons. The number of nitrogens with zero attached hydrogens (tertiary/aromatic N) is 3. The minimum Gasteiger partial charge on any atom is -0.427 e. The van der Waals surface area contributed by atoms with E-state index in [2.05, 4.69) is 9.97 Å². The lowest BCUT2D eigenvalue weighted by Crippen LogP contribution is -2.29. The molecule has 4 aromatic rings. The van der Waals surface area contributed by atoms with E-state index in [1.54, 1.807) is 30.6 Å². The highest BCUT2D eigenvalue weighted by Gasteiger charge is 2.36. The molecule has 162 valence electrons. The van der Waals surface area contributed by atoms with Gasteiger partial charge in [-0.05, 0) is 48.0 Å². The molecule has 9 nitrogen and oxygen atoms in total. The number of rotatable bonds is 4. The van der Waals surface area contributed by atoms with Crippen LogP contribution >= 0.6 is 0 Å². The second kappa shape index (κ2) is 7.79. The van der Waals surface area contributed by atoms with Crippen LogP contribution in [0, 0.1) is 0 Å². The molecule has 2 amide bonds. The molecule has 3 heterocycles. The number of ether oxygens (including phenoxy) is 1. The summed E-state index contributed by atoms with van der Waals surface area (Å²) >= 11 is 0. The summed E-state index contributed by atoms with van der Waals surface area (Å²) in [6.45, 7) is 1.36. The van der Waals surface area contributed by atoms with E-state index in [0.717, 1.165) is 10.5 Å². The van der Waals surface area contributed by atoms with Crippen LogP contribution in [0.5, 0.6) is 5.75 Å². The van der Waals surface area contributed by atoms with Gasteiger partial charge in [0.1, 0.15) is 5.75 Å². The number of aromatic nitrogens is 2. The number of pyridine rings is 1. The Morgan fingerprint density at radius 3 is 2.61 bits per heavy atom. The van der Waals surface area contributed by atoms with E-state index in [1.807, 2.05) is 0 Å². The summed E-state index contributed by atoms with van der Waals surface area (Å²) in [7, 11) is 0. The van der Waals surface area contributed by atoms with Crippen LogP contribution in [0.15, 0.2) is 70.1 Å². The highest BCUT2D eigenvalue weighted by Crippen LogP contribution is 2.29. The Labute approximate surface area is 186 Å². The molecule has 0 spiro atoms. The predicted octanol–water partition coefficient (Wildman–Crippen LogP) is 2.97. The van der Waals surface area contributed by atoms with Gasteiger partial charge >= 0.3 is 11.6 Å². The van der Waals surface area contributed by atoms with Gasteiger partial charge in [-0.3, -0.25) is 24.3 Å². The minimum atomic E-state index is -0.676. The van der Waals surface area contributed by atoms with Crippen LogP contribution in [-0.4, -0.2) is 32.7 Å². The van der Waals surface area contributed by atoms with Gasteiger partial charge in [-0.2, -0.15) is 0 Å². The van der Waals surface area contributed by atoms with E-state index in [4.69, 9.17) is 9.15 Å². The summed E-state index contributed by atoms with van der Waals surface area (Å²) in [4.78, 5) is 58.9. The van der Waals surface area contributed by atoms with E-state index in [-0.39, 0.29) is 34.7 Å². The van der Waals surface area contributed by atoms with Gasteiger partial charge in [0.05, 0.1) is 28.6 Å². The van der Waals surface area contributed by atoms with Crippen molar-refractivity contribution in [1.29, 1.82) is 0 Å². The van der Waals surface area contributed by atoms with Gasteiger partial charge in [0.25, 0.3) is 11.8 Å². The number of amides is 2. The molecule has 0 atom stereocenters. The topological polar surface area (TPSA) is 120 Å². The summed E-state index contributed by atoms with van der Waals surface area (Å²) in [5.41, 5.74) is 1.23. The fourth-order valence-electron chi connectivity index (χ4n) is 3.65. The summed E-state index contributed by atoms with van der Waals surface area (Å²) in [6, 6.07) is 12.5. The van der Waals surface area contributed by atoms with Crippen molar-refractivity contribution in [2.24, 2.45) is 0 Å². The molecule has 9 heteroatoms. The lowest BCUT2D eigenvalue weighted by atomic mass is 10.1. The second-order valence-electron chi connectivity index (χ2n) is 7.40. The van der Waals surface area contributed by atoms with Crippen LogP contribution in [0.3, 0.4) is 0 Å². The van der Waals surface area contributed by atoms with E-state index in [9.17, 15) is 19.2 Å². The van der Waals surface area contributed by atoms with Crippen molar-refractivity contribution in [3.63, 3.8) is 0 Å². The maximum absolute atomic E-state index is 12.9. The van der Waals surface area contributed by atoms with Gasteiger partial charge in [0.2, 0.25) is 5.89 Å². The van der Waals surface area contributed by atoms with Gasteiger partial charge in [-0.1, -0.05) is 6.07 Å². The SMILES string of the molecule is CC(=O)Oc1ccc2nc(-c3ccc4c(c3)C(=O)N(Cc3cccnc3)C4=O)oc(=O)c2c1. The van der Waals surface area contributed by atoms with Crippen LogP contribution in [-0.2, 0) is 11.3 Å². The van der Waals surface area contributed by atoms with Crippen molar-refractivity contribution in [2.45, 2.75) is 13.5 Å². The monoisotopic (exact) mass is 441 g/mol. The van der Waals surface area contributed by atoms with E-state index >= 15 is 0 Å². The lowest BCUT2D eigenvalue weighted by molar-refractivity contribution is -0.131. The standard InChI is InChI=1S/C24H15N3O6/c1-13(28)32-16-5-7-20-19(10-16)24(31)33-21(26-20)15-4-6-17-18(9-15)23(30)27(22(17)29)12-14-3-2-8-25-11-14/h2-11H,12H2,1H3. The first kappa shape index (κ1) is 20.3. The molecular formula is C24H15N3O6. The molecular weight excluding hydrogens is 426 g/mol. The minimum absolute atomic E-state index is 0.00138. The van der Waals surface area contributed by atoms with Crippen molar-refractivity contribution >= 4 is 28.7 Å². The van der Waals surface area contributed by atoms with Crippen molar-refractivity contribution in [3.05, 3.63) is 88.0 Å². The number of carbonyl (C=O) groups is 3. The van der Waals surface area contributed by atoms with Gasteiger partial charge < -0.3 is 9.15 Å². The summed E-state index contributed by atoms with van der Waals surface area (Å²) in [5, 5.41) is 0.146. The Hall–Kier alpha value is -4.66. The number of hydrogen-bond acceptors (Lipinski definition) is 8. The molecule has 5 rings (SSSR count). The maximum atomic E-state index is 12.9. The Morgan fingerprint density at radius 2 is 1.85 bits per heavy atom. The third kappa shape index (κ3) is 3.65. The van der Waals surface area contributed by atoms with E-state index < -0.39 is 23.4 Å². The molecule has 1 aliphatic heterocycles. The van der Waals surface area contributed by atoms with Crippen molar-refractivity contribution < 1.29 is 23.5 Å². The van der Waals surface area contributed by atoms with Crippen LogP contribution in [0.2, 0.25) is 0 Å². The third-order valence-corrected chi connectivity index (χ3v) is 5.14. The van der Waals surface area contributed by atoms with Crippen LogP contribution in [0.25, 0.3) is 22.4 Å². The van der Waals surface area contributed by atoms with E-state index in [0.29, 0.717) is 11.1 Å². The zero-order chi connectivity index (χ0) is 23.1. The predicted molar refractivity (Wildman–Crippen MR) is 115 cm³/mol. The highest BCUT2D eigenvalue weighted by atomic mass is 16.5. The fourth-order valence-corrected chi connectivity index (χ4v) is 3.65. The van der Waals surface area contributed by atoms with Crippen molar-refractivity contribution in [2.75, 3.05) is 0 Å². The summed E-state index contributed by atoms with van der Waals surface area (Å²) in [6.07, 6.45) is 3.20. The number of carbonyl (C=O) groups excluding carboxylic acids is 3. The smallest absolute Gasteiger partial charge is 0.347 e. The number of fused-ring (bicyclic) bond motifs is 2. The fraction of sp³-hybridized carbons (Fsp3) is 0.0833. The van der Waals surface area contributed by atoms with Gasteiger partial charge in [-0.15, -0.1) is 0 Å². The Kier molecular flexibility index (Phi) is 4.78. The average molecular weight is 441 g/mol. The molecule has 0 aliphatic carbocycles. The number of imide groups is 1. The molecule has 2 aromatic carbocycles. The van der Waals surface area contributed by atoms with E-state index in [1.165, 1.54) is 37.3 Å². The first-order valence-corrected chi connectivity index (χ1v) is 9.93. The van der Waals surface area contributed by atoms with Crippen molar-refractivity contribution in [1.82, 2.24) is 14.9 Å². The van der Waals surface area contributed by atoms with Gasteiger partial charge in [0, 0.05) is 24.9 Å². The number of benzene rings is 2. The molecule has 33 heavy (non-hydrogen) atoms. The molecule has 0 N–H and O–H groups in total. The van der Waals surface area contributed by atoms with Gasteiger partial charge in [0.15, 0.2) is 0 Å². The van der Waals surface area contributed by atoms with Crippen molar-refractivity contribution in [3.8, 4) is 17.2 Å². The van der Waals surface area contributed by atoms with Crippen LogP contribution in [0.4, 0.5) is 0 Å². The quantitative estimate of drug-likeness (QED) is 0.269. The molecule has 0 saturated carbocycles. The Morgan fingerprint density at radius 1 is 1.03 bits per heavy atom. The normalized spacial score (nSPS) is 12.8. The molecule has 0 bridgehead atoms. The summed E-state index contributed by atoms with van der Waals surface area (Å²) in [5.74, 6) is -1.17. The average Bonchev–Trinajstić information content (AvgIpc) is 3.04. The lowest BCUT2D eigenvalue weighted by Gasteiger charge is -2.13. The molecule has 0 saturated heterocycles. The zero-order valence-electron chi connectivity index (χ0n) is 17.3. The van der Waals surface area contributed by atoms with Crippen LogP contribution < -0.4 is 10.4 Å². The zero-order valence-corrected chi connectivity index (χ0v) is 17.3. The Bertz CT molecular complexity index is 1510. The largest absolute Gasteiger partial charge is 0.427 e. The highest BCUT2D eigenvalue weighted by molar-refractivity contribution is 6.21. The molecule has 0 unspecified atom stereocenters. The molecule has 1 aliphatic rings. The number of esters is 1. The first-order chi connectivity index (χ1) is 15.9. The first-order valence-electron chi connectivity index (χ1n) is 9.93. The third-order valence-electron chi connectivity index (χ3n) is 5.14. The Balaban J connectivity index is 1.50. The van der Waals surface area contributed by atoms with Crippen LogP contribution in [0.1, 0.15) is 33.2 Å². The number of hydrogen-bond donors (Lipinski definition) is 0. The molecule has 2 aromatic heterocycles. The maximum Gasteiger partial charge on any atom is 0.347 e. The molecule has 0 fully saturated rings. The van der Waals surface area contributed by atoms with Gasteiger partial charge in [-0.25, -0.2) is 9.78 Å². The summed E-state index contributed by atoms with van der Waals surface area (Å²) < 4.78 is 10.3.